The molecule has 0 amide bonds. The number of hydrogen-bond acceptors (Lipinski definition) is 2. The van der Waals surface area contributed by atoms with E-state index < -0.39 is 11.7 Å². The summed E-state index contributed by atoms with van der Waals surface area (Å²) in [7, 11) is 0. The van der Waals surface area contributed by atoms with Gasteiger partial charge in [0.15, 0.2) is 0 Å². The van der Waals surface area contributed by atoms with Gasteiger partial charge in [0.1, 0.15) is 5.82 Å². The average Bonchev–Trinajstić information content (AvgIpc) is 2.75. The Morgan fingerprint density at radius 2 is 2.26 bits per heavy atom. The molecule has 0 N–H and O–H groups in total. The van der Waals surface area contributed by atoms with Gasteiger partial charge >= 0.3 is 6.18 Å². The van der Waals surface area contributed by atoms with Crippen LogP contribution in [0.1, 0.15) is 31.7 Å². The van der Waals surface area contributed by atoms with E-state index in [9.17, 15) is 13.2 Å². The highest BCUT2D eigenvalue weighted by molar-refractivity contribution is 6.20. The molecule has 6 heteroatoms. The highest BCUT2D eigenvalue weighted by Crippen LogP contribution is 2.38. The molecule has 106 valence electrons. The molecular formula is C13H16ClF3N2. The molecule has 1 aliphatic rings. The monoisotopic (exact) mass is 292 g/mol. The molecule has 0 aliphatic carbocycles. The molecule has 1 saturated heterocycles. The molecule has 0 saturated carbocycles. The molecule has 1 fully saturated rings. The van der Waals surface area contributed by atoms with Gasteiger partial charge in [-0.3, -0.25) is 0 Å². The van der Waals surface area contributed by atoms with Crippen molar-refractivity contribution in [3.8, 4) is 0 Å². The quantitative estimate of drug-likeness (QED) is 0.780. The van der Waals surface area contributed by atoms with E-state index in [0.717, 1.165) is 18.9 Å². The van der Waals surface area contributed by atoms with Crippen LogP contribution in [0.4, 0.5) is 19.0 Å². The van der Waals surface area contributed by atoms with Gasteiger partial charge in [0.2, 0.25) is 0 Å². The summed E-state index contributed by atoms with van der Waals surface area (Å²) in [5.41, 5.74) is -0.663. The number of alkyl halides is 4. The number of halogens is 4. The molecule has 2 unspecified atom stereocenters. The van der Waals surface area contributed by atoms with E-state index >= 15 is 0 Å². The standard InChI is InChI=1S/C13H16ClF3N2/c1-9(14)8-10-4-3-7-19(10)12-11(13(15,16)17)5-2-6-18-12/h2,5-6,9-10H,3-4,7-8H2,1H3. The molecule has 2 nitrogen and oxygen atoms in total. The number of nitrogens with zero attached hydrogens (tertiary/aromatic N) is 2. The minimum absolute atomic E-state index is 0.0369. The molecule has 2 heterocycles. The van der Waals surface area contributed by atoms with E-state index in [-0.39, 0.29) is 17.2 Å². The van der Waals surface area contributed by atoms with Gasteiger partial charge < -0.3 is 4.90 Å². The van der Waals surface area contributed by atoms with Gasteiger partial charge in [-0.1, -0.05) is 0 Å². The Bertz CT molecular complexity index is 434. The molecule has 0 bridgehead atoms. The highest BCUT2D eigenvalue weighted by Gasteiger charge is 2.38. The maximum absolute atomic E-state index is 13.0. The molecule has 1 aromatic heterocycles. The minimum Gasteiger partial charge on any atom is -0.353 e. The lowest BCUT2D eigenvalue weighted by Gasteiger charge is -2.28. The van der Waals surface area contributed by atoms with Gasteiger partial charge in [0, 0.05) is 24.2 Å². The summed E-state index contributed by atoms with van der Waals surface area (Å²) in [6.45, 7) is 2.47. The van der Waals surface area contributed by atoms with Gasteiger partial charge in [-0.25, -0.2) is 4.98 Å². The lowest BCUT2D eigenvalue weighted by molar-refractivity contribution is -0.137. The summed E-state index contributed by atoms with van der Waals surface area (Å²) < 4.78 is 39.0. The second-order valence-electron chi connectivity index (χ2n) is 4.88. The Balaban J connectivity index is 2.31. The predicted molar refractivity (Wildman–Crippen MR) is 69.5 cm³/mol. The summed E-state index contributed by atoms with van der Waals surface area (Å²) in [5.74, 6) is 0.0369. The minimum atomic E-state index is -4.37. The van der Waals surface area contributed by atoms with E-state index in [1.165, 1.54) is 12.3 Å². The largest absolute Gasteiger partial charge is 0.419 e. The van der Waals surface area contributed by atoms with Crippen molar-refractivity contribution in [1.29, 1.82) is 0 Å². The molecule has 1 aliphatic heterocycles. The average molecular weight is 293 g/mol. The van der Waals surface area contributed by atoms with Gasteiger partial charge in [-0.15, -0.1) is 11.6 Å². The summed E-state index contributed by atoms with van der Waals surface area (Å²) in [6, 6.07) is 2.45. The highest BCUT2D eigenvalue weighted by atomic mass is 35.5. The molecule has 19 heavy (non-hydrogen) atoms. The van der Waals surface area contributed by atoms with Crippen molar-refractivity contribution in [1.82, 2.24) is 4.98 Å². The van der Waals surface area contributed by atoms with Gasteiger partial charge in [-0.05, 0) is 38.3 Å². The zero-order valence-corrected chi connectivity index (χ0v) is 11.4. The lowest BCUT2D eigenvalue weighted by atomic mass is 10.1. The smallest absolute Gasteiger partial charge is 0.353 e. The first kappa shape index (κ1) is 14.4. The van der Waals surface area contributed by atoms with Gasteiger partial charge in [0.05, 0.1) is 5.56 Å². The van der Waals surface area contributed by atoms with Crippen LogP contribution in [0.2, 0.25) is 0 Å². The summed E-state index contributed by atoms with van der Waals surface area (Å²) in [4.78, 5) is 5.70. The van der Waals surface area contributed by atoms with Crippen LogP contribution < -0.4 is 4.90 Å². The van der Waals surface area contributed by atoms with Crippen LogP contribution in [0.25, 0.3) is 0 Å². The predicted octanol–water partition coefficient (Wildman–Crippen LogP) is 4.09. The third-order valence-corrected chi connectivity index (χ3v) is 3.52. The normalized spacial score (nSPS) is 21.7. The van der Waals surface area contributed by atoms with Crippen LogP contribution in [-0.4, -0.2) is 22.9 Å². The van der Waals surface area contributed by atoms with E-state index in [0.29, 0.717) is 13.0 Å². The summed E-state index contributed by atoms with van der Waals surface area (Å²) in [5, 5.41) is -0.0522. The Labute approximate surface area is 115 Å². The topological polar surface area (TPSA) is 16.1 Å². The zero-order chi connectivity index (χ0) is 14.0. The fourth-order valence-corrected chi connectivity index (χ4v) is 2.79. The number of aromatic nitrogens is 1. The van der Waals surface area contributed by atoms with Crippen molar-refractivity contribution in [3.05, 3.63) is 23.9 Å². The first-order chi connectivity index (χ1) is 8.89. The number of anilines is 1. The molecule has 0 aromatic carbocycles. The van der Waals surface area contributed by atoms with Crippen molar-refractivity contribution < 1.29 is 13.2 Å². The van der Waals surface area contributed by atoms with Gasteiger partial charge in [-0.2, -0.15) is 13.2 Å². The Morgan fingerprint density at radius 3 is 2.89 bits per heavy atom. The molecule has 0 spiro atoms. The maximum Gasteiger partial charge on any atom is 0.419 e. The number of rotatable bonds is 3. The van der Waals surface area contributed by atoms with E-state index in [4.69, 9.17) is 11.6 Å². The summed E-state index contributed by atoms with van der Waals surface area (Å²) in [6.07, 6.45) is -0.546. The van der Waals surface area contributed by atoms with Gasteiger partial charge in [0.25, 0.3) is 0 Å². The van der Waals surface area contributed by atoms with Crippen molar-refractivity contribution in [2.75, 3.05) is 11.4 Å². The second-order valence-corrected chi connectivity index (χ2v) is 5.62. The zero-order valence-electron chi connectivity index (χ0n) is 10.6. The molecule has 2 atom stereocenters. The van der Waals surface area contributed by atoms with Crippen molar-refractivity contribution >= 4 is 17.4 Å². The van der Waals surface area contributed by atoms with Crippen LogP contribution in [0.3, 0.4) is 0 Å². The third-order valence-electron chi connectivity index (χ3n) is 3.34. The van der Waals surface area contributed by atoms with E-state index in [1.807, 2.05) is 6.92 Å². The lowest BCUT2D eigenvalue weighted by Crippen LogP contribution is -2.33. The van der Waals surface area contributed by atoms with Crippen molar-refractivity contribution in [2.45, 2.75) is 43.8 Å². The Morgan fingerprint density at radius 1 is 1.53 bits per heavy atom. The SMILES string of the molecule is CC(Cl)CC1CCCN1c1ncccc1C(F)(F)F. The van der Waals surface area contributed by atoms with Crippen molar-refractivity contribution in [2.24, 2.45) is 0 Å². The van der Waals surface area contributed by atoms with E-state index in [2.05, 4.69) is 4.98 Å². The van der Waals surface area contributed by atoms with Crippen LogP contribution in [-0.2, 0) is 6.18 Å². The number of hydrogen-bond donors (Lipinski definition) is 0. The van der Waals surface area contributed by atoms with Crippen molar-refractivity contribution in [3.63, 3.8) is 0 Å². The van der Waals surface area contributed by atoms with Crippen LogP contribution in [0.15, 0.2) is 18.3 Å². The fraction of sp³-hybridized carbons (Fsp3) is 0.615. The second kappa shape index (κ2) is 5.57. The van der Waals surface area contributed by atoms with Crippen LogP contribution in [0, 0.1) is 0 Å². The Hall–Kier alpha value is -0.970. The summed E-state index contributed by atoms with van der Waals surface area (Å²) >= 11 is 5.97. The number of pyridine rings is 1. The molecule has 2 rings (SSSR count). The first-order valence-electron chi connectivity index (χ1n) is 6.32. The van der Waals surface area contributed by atoms with Crippen LogP contribution >= 0.6 is 11.6 Å². The molecule has 0 radical (unpaired) electrons. The maximum atomic E-state index is 13.0. The third kappa shape index (κ3) is 3.32. The van der Waals surface area contributed by atoms with Crippen LogP contribution in [0.5, 0.6) is 0 Å². The fourth-order valence-electron chi connectivity index (χ4n) is 2.58. The first-order valence-corrected chi connectivity index (χ1v) is 6.76. The Kier molecular flexibility index (Phi) is 4.23. The van der Waals surface area contributed by atoms with E-state index in [1.54, 1.807) is 4.90 Å². The molecule has 1 aromatic rings. The molecular weight excluding hydrogens is 277 g/mol.